The fraction of sp³-hybridized carbons (Fsp3) is 0.214. The predicted octanol–water partition coefficient (Wildman–Crippen LogP) is 1.26. The lowest BCUT2D eigenvalue weighted by Gasteiger charge is -2.06. The first-order valence-corrected chi connectivity index (χ1v) is 7.22. The van der Waals surface area contributed by atoms with E-state index >= 15 is 0 Å². The van der Waals surface area contributed by atoms with E-state index in [4.69, 9.17) is 0 Å². The molecule has 0 radical (unpaired) electrons. The Labute approximate surface area is 130 Å². The lowest BCUT2D eigenvalue weighted by Crippen LogP contribution is -2.37. The Kier molecular flexibility index (Phi) is 5.51. The number of aromatic amines is 1. The summed E-state index contributed by atoms with van der Waals surface area (Å²) in [5, 5.41) is 5.31. The Balaban J connectivity index is 1.70. The van der Waals surface area contributed by atoms with Crippen molar-refractivity contribution in [2.45, 2.75) is 6.42 Å². The van der Waals surface area contributed by atoms with E-state index in [1.807, 2.05) is 6.07 Å². The number of carbonyl (C=O) groups excluding carboxylic acids is 2. The van der Waals surface area contributed by atoms with Crippen LogP contribution in [0.25, 0.3) is 0 Å². The molecule has 0 atom stereocenters. The SMILES string of the molecule is O=C(CNC(=O)c1cccc(Br)c1)NCCc1cnc[nH]1. The minimum atomic E-state index is -0.278. The van der Waals surface area contributed by atoms with Crippen LogP contribution in [0.2, 0.25) is 0 Å². The van der Waals surface area contributed by atoms with Gasteiger partial charge in [-0.25, -0.2) is 4.98 Å². The molecule has 1 heterocycles. The largest absolute Gasteiger partial charge is 0.354 e. The van der Waals surface area contributed by atoms with Crippen LogP contribution in [0.15, 0.2) is 41.3 Å². The lowest BCUT2D eigenvalue weighted by molar-refractivity contribution is -0.120. The van der Waals surface area contributed by atoms with Gasteiger partial charge >= 0.3 is 0 Å². The third-order valence-corrected chi connectivity index (χ3v) is 3.26. The van der Waals surface area contributed by atoms with Crippen LogP contribution in [0.4, 0.5) is 0 Å². The van der Waals surface area contributed by atoms with Crippen LogP contribution in [0.5, 0.6) is 0 Å². The lowest BCUT2D eigenvalue weighted by atomic mass is 10.2. The van der Waals surface area contributed by atoms with E-state index in [0.717, 1.165) is 10.2 Å². The second-order valence-electron chi connectivity index (χ2n) is 4.37. The molecule has 0 aliphatic heterocycles. The molecule has 2 amide bonds. The first-order chi connectivity index (χ1) is 10.1. The number of amides is 2. The molecule has 0 spiro atoms. The van der Waals surface area contributed by atoms with Crippen LogP contribution in [0.3, 0.4) is 0 Å². The van der Waals surface area contributed by atoms with Crippen molar-refractivity contribution in [1.29, 1.82) is 0 Å². The average molecular weight is 351 g/mol. The third kappa shape index (κ3) is 5.03. The fourth-order valence-electron chi connectivity index (χ4n) is 1.71. The van der Waals surface area contributed by atoms with E-state index in [-0.39, 0.29) is 18.4 Å². The van der Waals surface area contributed by atoms with E-state index < -0.39 is 0 Å². The summed E-state index contributed by atoms with van der Waals surface area (Å²) >= 11 is 3.30. The molecule has 2 rings (SSSR count). The molecule has 0 aliphatic rings. The van der Waals surface area contributed by atoms with Gasteiger partial charge in [0.2, 0.25) is 5.91 Å². The van der Waals surface area contributed by atoms with Crippen molar-refractivity contribution in [3.8, 4) is 0 Å². The highest BCUT2D eigenvalue weighted by atomic mass is 79.9. The summed E-state index contributed by atoms with van der Waals surface area (Å²) in [4.78, 5) is 30.3. The van der Waals surface area contributed by atoms with Gasteiger partial charge in [-0.05, 0) is 18.2 Å². The zero-order valence-corrected chi connectivity index (χ0v) is 12.8. The molecule has 110 valence electrons. The number of aromatic nitrogens is 2. The summed E-state index contributed by atoms with van der Waals surface area (Å²) in [5.41, 5.74) is 1.46. The number of nitrogens with zero attached hydrogens (tertiary/aromatic N) is 1. The Hall–Kier alpha value is -2.15. The number of nitrogens with one attached hydrogen (secondary N) is 3. The van der Waals surface area contributed by atoms with Gasteiger partial charge in [0, 0.05) is 34.9 Å². The molecule has 0 saturated carbocycles. The molecule has 6 nitrogen and oxygen atoms in total. The van der Waals surface area contributed by atoms with E-state index in [1.54, 1.807) is 30.7 Å². The molecular formula is C14H15BrN4O2. The van der Waals surface area contributed by atoms with Gasteiger partial charge in [0.05, 0.1) is 12.9 Å². The van der Waals surface area contributed by atoms with Crippen LogP contribution < -0.4 is 10.6 Å². The van der Waals surface area contributed by atoms with E-state index in [2.05, 4.69) is 36.5 Å². The van der Waals surface area contributed by atoms with Crippen molar-refractivity contribution in [3.63, 3.8) is 0 Å². The quantitative estimate of drug-likeness (QED) is 0.732. The summed E-state index contributed by atoms with van der Waals surface area (Å²) in [7, 11) is 0. The van der Waals surface area contributed by atoms with Gasteiger partial charge in [-0.15, -0.1) is 0 Å². The monoisotopic (exact) mass is 350 g/mol. The maximum Gasteiger partial charge on any atom is 0.251 e. The fourth-order valence-corrected chi connectivity index (χ4v) is 2.11. The topological polar surface area (TPSA) is 86.9 Å². The highest BCUT2D eigenvalue weighted by Gasteiger charge is 2.08. The zero-order chi connectivity index (χ0) is 15.1. The number of carbonyl (C=O) groups is 2. The van der Waals surface area contributed by atoms with Crippen molar-refractivity contribution in [2.24, 2.45) is 0 Å². The van der Waals surface area contributed by atoms with Crippen LogP contribution in [-0.4, -0.2) is 34.9 Å². The van der Waals surface area contributed by atoms with Gasteiger partial charge in [-0.3, -0.25) is 9.59 Å². The summed E-state index contributed by atoms with van der Waals surface area (Å²) in [5.74, 6) is -0.502. The number of hydrogen-bond donors (Lipinski definition) is 3. The second kappa shape index (κ2) is 7.58. The number of halogens is 1. The number of benzene rings is 1. The van der Waals surface area contributed by atoms with Crippen molar-refractivity contribution in [2.75, 3.05) is 13.1 Å². The second-order valence-corrected chi connectivity index (χ2v) is 5.29. The van der Waals surface area contributed by atoms with Gasteiger partial charge in [0.1, 0.15) is 0 Å². The number of hydrogen-bond acceptors (Lipinski definition) is 3. The van der Waals surface area contributed by atoms with Crippen molar-refractivity contribution >= 4 is 27.7 Å². The molecule has 0 bridgehead atoms. The van der Waals surface area contributed by atoms with Crippen molar-refractivity contribution in [3.05, 3.63) is 52.5 Å². The molecule has 0 unspecified atom stereocenters. The predicted molar refractivity (Wildman–Crippen MR) is 81.8 cm³/mol. The van der Waals surface area contributed by atoms with Crippen molar-refractivity contribution in [1.82, 2.24) is 20.6 Å². The molecular weight excluding hydrogens is 336 g/mol. The smallest absolute Gasteiger partial charge is 0.251 e. The van der Waals surface area contributed by atoms with Gasteiger partial charge < -0.3 is 15.6 Å². The molecule has 0 fully saturated rings. The third-order valence-electron chi connectivity index (χ3n) is 2.77. The molecule has 1 aromatic heterocycles. The van der Waals surface area contributed by atoms with Crippen LogP contribution in [0.1, 0.15) is 16.1 Å². The molecule has 7 heteroatoms. The molecule has 0 saturated heterocycles. The Morgan fingerprint density at radius 1 is 1.29 bits per heavy atom. The van der Waals surface area contributed by atoms with Gasteiger partial charge in [-0.1, -0.05) is 22.0 Å². The van der Waals surface area contributed by atoms with Gasteiger partial charge in [-0.2, -0.15) is 0 Å². The average Bonchev–Trinajstić information content (AvgIpc) is 2.98. The maximum atomic E-state index is 11.8. The van der Waals surface area contributed by atoms with Gasteiger partial charge in [0.15, 0.2) is 0 Å². The summed E-state index contributed by atoms with van der Waals surface area (Å²) < 4.78 is 0.819. The molecule has 3 N–H and O–H groups in total. The zero-order valence-electron chi connectivity index (χ0n) is 11.2. The van der Waals surface area contributed by atoms with E-state index in [1.165, 1.54) is 0 Å². The van der Waals surface area contributed by atoms with Gasteiger partial charge in [0.25, 0.3) is 5.91 Å². The number of rotatable bonds is 6. The van der Waals surface area contributed by atoms with Crippen LogP contribution in [-0.2, 0) is 11.2 Å². The summed E-state index contributed by atoms with van der Waals surface area (Å²) in [6.07, 6.45) is 3.97. The standard InChI is InChI=1S/C14H15BrN4O2/c15-11-3-1-2-10(6-11)14(21)18-8-13(20)17-5-4-12-7-16-9-19-12/h1-3,6-7,9H,4-5,8H2,(H,16,19)(H,17,20)(H,18,21). The Bertz CT molecular complexity index is 613. The normalized spacial score (nSPS) is 10.1. The number of H-pyrrole nitrogens is 1. The highest BCUT2D eigenvalue weighted by Crippen LogP contribution is 2.11. The Morgan fingerprint density at radius 3 is 2.86 bits per heavy atom. The van der Waals surface area contributed by atoms with Crippen LogP contribution in [0, 0.1) is 0 Å². The van der Waals surface area contributed by atoms with E-state index in [9.17, 15) is 9.59 Å². The highest BCUT2D eigenvalue weighted by molar-refractivity contribution is 9.10. The summed E-state index contributed by atoms with van der Waals surface area (Å²) in [6.45, 7) is 0.447. The first-order valence-electron chi connectivity index (χ1n) is 6.43. The Morgan fingerprint density at radius 2 is 2.14 bits per heavy atom. The minimum Gasteiger partial charge on any atom is -0.354 e. The molecule has 0 aliphatic carbocycles. The molecule has 21 heavy (non-hydrogen) atoms. The van der Waals surface area contributed by atoms with E-state index in [0.29, 0.717) is 18.5 Å². The van der Waals surface area contributed by atoms with Crippen molar-refractivity contribution < 1.29 is 9.59 Å². The summed E-state index contributed by atoms with van der Waals surface area (Å²) in [6, 6.07) is 6.99. The maximum absolute atomic E-state index is 11.8. The molecule has 1 aromatic carbocycles. The minimum absolute atomic E-state index is 0.0473. The number of imidazole rings is 1. The van der Waals surface area contributed by atoms with Crippen LogP contribution >= 0.6 is 15.9 Å². The molecule has 2 aromatic rings. The first kappa shape index (κ1) is 15.2.